The topological polar surface area (TPSA) is 366 Å². The number of allylic oxidation sites excluding steroid dienone is 2. The number of nitrogens with one attached hydrogen (secondary N) is 3. The van der Waals surface area contributed by atoms with Crippen LogP contribution in [-0.2, 0) is 61.9 Å². The smallest absolute Gasteiger partial charge is 0.407 e. The number of alkyl carbamates (subject to hydrolysis) is 1. The van der Waals surface area contributed by atoms with Gasteiger partial charge in [0, 0.05) is 62.6 Å². The molecule has 8 rings (SSSR count). The Morgan fingerprint density at radius 3 is 2.20 bits per heavy atom. The lowest BCUT2D eigenvalue weighted by atomic mass is 9.68. The van der Waals surface area contributed by atoms with Gasteiger partial charge in [0.1, 0.15) is 54.9 Å². The van der Waals surface area contributed by atoms with Crippen molar-refractivity contribution in [2.45, 2.75) is 226 Å². The Labute approximate surface area is 603 Å². The molecule has 2 amide bonds. The van der Waals surface area contributed by atoms with E-state index in [4.69, 9.17) is 61.7 Å². The van der Waals surface area contributed by atoms with Crippen LogP contribution in [0.25, 0.3) is 0 Å². The highest BCUT2D eigenvalue weighted by molar-refractivity contribution is 14.1. The molecule has 5 aliphatic heterocycles. The Bertz CT molecular complexity index is 3180. The van der Waals surface area contributed by atoms with E-state index in [2.05, 4.69) is 39.8 Å². The number of Topliss-reactive ketones (excluding diaryl/α,β-unsaturated/α-hetero) is 1. The van der Waals surface area contributed by atoms with Gasteiger partial charge in [-0.1, -0.05) is 77.0 Å². The van der Waals surface area contributed by atoms with Crippen molar-refractivity contribution in [2.24, 2.45) is 11.8 Å². The third-order valence-corrected chi connectivity index (χ3v) is 24.5. The molecule has 21 atom stereocenters. The van der Waals surface area contributed by atoms with E-state index in [-0.39, 0.29) is 78.2 Å². The Morgan fingerprint density at radius 2 is 1.56 bits per heavy atom. The van der Waals surface area contributed by atoms with Gasteiger partial charge in [-0.2, -0.15) is 5.48 Å². The van der Waals surface area contributed by atoms with Gasteiger partial charge in [0.05, 0.1) is 97.8 Å². The van der Waals surface area contributed by atoms with Crippen LogP contribution in [0.4, 0.5) is 4.79 Å². The minimum absolute atomic E-state index is 0.00205. The Hall–Kier alpha value is -4.09. The molecule has 5 saturated heterocycles. The van der Waals surface area contributed by atoms with Crippen molar-refractivity contribution in [3.8, 4) is 40.9 Å². The van der Waals surface area contributed by atoms with Crippen molar-refractivity contribution >= 4 is 84.8 Å². The summed E-state index contributed by atoms with van der Waals surface area (Å²) in [5, 5.41) is 73.3. The molecule has 0 radical (unpaired) electrons. The Morgan fingerprint density at radius 1 is 0.869 bits per heavy atom. The molecule has 6 fully saturated rings. The van der Waals surface area contributed by atoms with Gasteiger partial charge in [-0.3, -0.25) is 24.0 Å². The first-order valence-corrected chi connectivity index (χ1v) is 37.2. The summed E-state index contributed by atoms with van der Waals surface area (Å²) in [5.41, 5.74) is 1.55. The van der Waals surface area contributed by atoms with Gasteiger partial charge < -0.3 is 103 Å². The molecule has 32 heteroatoms. The lowest BCUT2D eigenvalue weighted by Crippen LogP contribution is -2.67. The molecule has 7 aliphatic rings. The fraction of sp³-hybridized carbons (Fsp3) is 0.716. The number of carboxylic acids is 1. The monoisotopic (exact) mass is 1560 g/mol. The van der Waals surface area contributed by atoms with E-state index in [0.717, 1.165) is 18.9 Å². The molecule has 0 aromatic heterocycles. The molecular formula is C67H95IN4O24S3. The zero-order valence-corrected chi connectivity index (χ0v) is 62.4. The van der Waals surface area contributed by atoms with E-state index in [1.807, 2.05) is 50.3 Å². The van der Waals surface area contributed by atoms with Gasteiger partial charge in [-0.15, -0.1) is 0 Å². The number of thioether (sulfide) groups is 1. The number of carbonyl (C=O) groups is 5. The first kappa shape index (κ1) is 80.6. The molecule has 99 heavy (non-hydrogen) atoms. The maximum absolute atomic E-state index is 14.6. The number of rotatable bonds is 26. The lowest BCUT2D eigenvalue weighted by molar-refractivity contribution is -0.326. The first-order chi connectivity index (χ1) is 47.0. The van der Waals surface area contributed by atoms with Gasteiger partial charge >= 0.3 is 12.1 Å². The molecule has 1 saturated carbocycles. The standard InChI is InChI=1S/C67H95IN4O24S3/c1-32(2)69-39-30-89-31-43(54(39)84-9)93-58-52(77)49(71-96-45-28-40(73)60(36(6)90-45)98-62(81)46-33(3)48(68)56(59(87-12)55(46)85-10)95-63-53(78)57(86-11)51(76)35(5)92-63)34(4)91-64(58)94-42-18-16-14-15-17-23-67(83)29-41(74)50(70-65(82)88-13)47(42)38(67)22-27-97-99-66(7,8)24-19-44(75)72-25-20-37(21-26-72)61(79)80/h14-15,22,32,34-37,39-40,42-43,45,47,49-54,57-58,60,63-64,69,71,73,76-78,83H,19-21,24-31H2,1-13H3,(H,70,82)(H,79,80)/b15-14-,38-22+/t34?,35?,36?,39?,40?,42-,43?,45?,47?,49?,50?,51?,52?,53?,54?,57?,58?,60?,63?,64?,67-/m0/s1. The fourth-order valence-electron chi connectivity index (χ4n) is 13.3. The fourth-order valence-corrected chi connectivity index (χ4v) is 17.5. The molecule has 5 heterocycles. The number of aliphatic hydroxyl groups excluding tert-OH is 4. The molecule has 552 valence electrons. The number of benzene rings is 1. The Balaban J connectivity index is 1.02. The van der Waals surface area contributed by atoms with Crippen molar-refractivity contribution in [2.75, 3.05) is 67.6 Å². The number of methoxy groups -OCH3 is 5. The number of hydrogen-bond donors (Lipinski definition) is 9. The number of hydroxylamine groups is 1. The SMILES string of the molecule is COC(=O)NC1C(=O)C[C@@]2(O)C#C/C=C\C#C[C@H](OC3OC(C)C(NOC4CC(O)C(SC(=O)c5c(C)c(I)c(OC6OC(C)C(O)C(OC)C6O)c(OC)c5OC)C(C)O4)C(O)C3OC3COCC(NC(C)C)C3OC)C1/C2=C\CSSC(C)(C)CCC(=O)N1CCC(C(=O)O)CC1. The zero-order valence-electron chi connectivity index (χ0n) is 57.8. The first-order valence-electron chi connectivity index (χ1n) is 32.9. The number of amides is 2. The van der Waals surface area contributed by atoms with Crippen molar-refractivity contribution in [1.82, 2.24) is 21.0 Å². The van der Waals surface area contributed by atoms with Crippen molar-refractivity contribution in [1.29, 1.82) is 0 Å². The second kappa shape index (κ2) is 36.1. The summed E-state index contributed by atoms with van der Waals surface area (Å²) in [6.07, 6.45) is -12.9. The lowest BCUT2D eigenvalue weighted by Gasteiger charge is -2.48. The van der Waals surface area contributed by atoms with E-state index in [1.165, 1.54) is 62.2 Å². The summed E-state index contributed by atoms with van der Waals surface area (Å²) in [4.78, 5) is 75.1. The van der Waals surface area contributed by atoms with Gasteiger partial charge in [0.2, 0.25) is 23.1 Å². The molecule has 1 aromatic carbocycles. The van der Waals surface area contributed by atoms with Gasteiger partial charge in [0.25, 0.3) is 0 Å². The van der Waals surface area contributed by atoms with E-state index >= 15 is 0 Å². The third-order valence-electron chi connectivity index (χ3n) is 18.6. The van der Waals surface area contributed by atoms with Gasteiger partial charge in [0.15, 0.2) is 35.5 Å². The molecule has 1 aromatic rings. The number of carbonyl (C=O) groups excluding carboxylic acids is 4. The summed E-state index contributed by atoms with van der Waals surface area (Å²) in [6, 6.07) is -2.93. The predicted octanol–water partition coefficient (Wildman–Crippen LogP) is 3.57. The van der Waals surface area contributed by atoms with Crippen molar-refractivity contribution in [3.63, 3.8) is 0 Å². The number of piperidine rings is 1. The highest BCUT2D eigenvalue weighted by Gasteiger charge is 2.56. The van der Waals surface area contributed by atoms with Crippen molar-refractivity contribution in [3.05, 3.63) is 38.5 Å². The summed E-state index contributed by atoms with van der Waals surface area (Å²) in [6.45, 7) is 15.6. The molecule has 0 spiro atoms. The molecule has 2 bridgehead atoms. The van der Waals surface area contributed by atoms with Crippen LogP contribution in [-0.4, -0.2) is 264 Å². The number of hydrogen-bond acceptors (Lipinski definition) is 28. The van der Waals surface area contributed by atoms with Crippen LogP contribution in [0.2, 0.25) is 0 Å². The minimum Gasteiger partial charge on any atom is -0.492 e. The number of halogens is 1. The average Bonchev–Trinajstić information content (AvgIpc) is 0.758. The van der Waals surface area contributed by atoms with Gasteiger partial charge in [-0.05, 0) is 107 Å². The molecule has 9 N–H and O–H groups in total. The molecule has 19 unspecified atom stereocenters. The second-order valence-corrected chi connectivity index (χ2v) is 31.6. The number of aliphatic hydroxyl groups is 5. The van der Waals surface area contributed by atoms with Crippen LogP contribution in [0.3, 0.4) is 0 Å². The molecule has 28 nitrogen and oxygen atoms in total. The van der Waals surface area contributed by atoms with Crippen LogP contribution < -0.4 is 30.3 Å². The highest BCUT2D eigenvalue weighted by Crippen LogP contribution is 2.50. The minimum atomic E-state index is -2.12. The molecule has 2 aliphatic carbocycles. The number of ether oxygens (including phenoxy) is 12. The number of aliphatic carboxylic acids is 1. The predicted molar refractivity (Wildman–Crippen MR) is 371 cm³/mol. The highest BCUT2D eigenvalue weighted by atomic mass is 127. The third kappa shape index (κ3) is 19.5. The van der Waals surface area contributed by atoms with Gasteiger partial charge in [-0.25, -0.2) is 4.79 Å². The number of likely N-dealkylation sites (tertiary alicyclic amines) is 1. The van der Waals surface area contributed by atoms with E-state index < -0.39 is 161 Å². The maximum atomic E-state index is 14.6. The van der Waals surface area contributed by atoms with Crippen LogP contribution in [0.15, 0.2) is 23.8 Å². The van der Waals surface area contributed by atoms with E-state index in [1.54, 1.807) is 38.7 Å². The number of fused-ring (bicyclic) bond motifs is 2. The average molecular weight is 1560 g/mol. The number of ketones is 1. The summed E-state index contributed by atoms with van der Waals surface area (Å²) in [5.74, 6) is 8.81. The maximum Gasteiger partial charge on any atom is 0.407 e. The van der Waals surface area contributed by atoms with E-state index in [0.29, 0.717) is 41.5 Å². The second-order valence-electron chi connectivity index (χ2n) is 26.3. The zero-order chi connectivity index (χ0) is 72.4. The van der Waals surface area contributed by atoms with Crippen molar-refractivity contribution < 1.29 is 116 Å². The normalized spacial score (nSPS) is 35.1. The van der Waals surface area contributed by atoms with Crippen LogP contribution in [0, 0.1) is 46.0 Å². The molecular weight excluding hydrogens is 1470 g/mol. The quantitative estimate of drug-likeness (QED) is 0.0160. The van der Waals surface area contributed by atoms with E-state index in [9.17, 15) is 54.6 Å². The van der Waals surface area contributed by atoms with Crippen LogP contribution in [0.1, 0.15) is 103 Å². The summed E-state index contributed by atoms with van der Waals surface area (Å²) < 4.78 is 73.1. The summed E-state index contributed by atoms with van der Waals surface area (Å²) in [7, 11) is 9.67. The largest absolute Gasteiger partial charge is 0.492 e. The van der Waals surface area contributed by atoms with Crippen LogP contribution >= 0.6 is 55.9 Å². The summed E-state index contributed by atoms with van der Waals surface area (Å²) >= 11 is 2.81. The number of carboxylic acid groups (broad SMARTS) is 1. The number of nitrogens with zero attached hydrogens (tertiary/aromatic N) is 1. The Kier molecular flexibility index (Phi) is 29.4. The van der Waals surface area contributed by atoms with Crippen LogP contribution in [0.5, 0.6) is 17.2 Å².